The Bertz CT molecular complexity index is 821. The van der Waals surface area contributed by atoms with Crippen LogP contribution >= 0.6 is 23.2 Å². The Hall–Kier alpha value is -1.60. The van der Waals surface area contributed by atoms with Crippen molar-refractivity contribution in [3.8, 4) is 5.75 Å². The van der Waals surface area contributed by atoms with E-state index in [2.05, 4.69) is 4.72 Å². The van der Waals surface area contributed by atoms with E-state index in [0.29, 0.717) is 17.2 Å². The molecule has 2 aromatic carbocycles. The zero-order valence-corrected chi connectivity index (χ0v) is 15.7. The van der Waals surface area contributed by atoms with Crippen molar-refractivity contribution in [2.24, 2.45) is 0 Å². The molecular weight excluding hydrogens is 385 g/mol. The third-order valence-electron chi connectivity index (χ3n) is 3.30. The first-order valence-corrected chi connectivity index (χ1v) is 9.68. The summed E-state index contributed by atoms with van der Waals surface area (Å²) in [6.45, 7) is 1.59. The van der Waals surface area contributed by atoms with Crippen LogP contribution < -0.4 is 9.46 Å². The first-order valence-electron chi connectivity index (χ1n) is 7.44. The standard InChI is InChI=1S/C17H17Cl2NO4S/c1-12(20-25(22,23)16-8-4-14(18)5-9-16)10-13-2-6-15(7-3-13)24-11-17(19)21/h2-9,12,20H,10-11H2,1H3. The van der Waals surface area contributed by atoms with Crippen molar-refractivity contribution in [1.29, 1.82) is 0 Å². The number of carbonyl (C=O) groups is 1. The number of sulfonamides is 1. The molecular formula is C17H17Cl2NO4S. The molecule has 0 aromatic heterocycles. The average molecular weight is 402 g/mol. The van der Waals surface area contributed by atoms with Crippen molar-refractivity contribution < 1.29 is 17.9 Å². The molecule has 2 aromatic rings. The lowest BCUT2D eigenvalue weighted by atomic mass is 10.1. The predicted octanol–water partition coefficient (Wildman–Crippen LogP) is 3.39. The van der Waals surface area contributed by atoms with Crippen molar-refractivity contribution in [2.75, 3.05) is 6.61 Å². The van der Waals surface area contributed by atoms with Crippen LogP contribution in [0.1, 0.15) is 12.5 Å². The Morgan fingerprint density at radius 1 is 1.12 bits per heavy atom. The van der Waals surface area contributed by atoms with Crippen LogP contribution in [0.15, 0.2) is 53.4 Å². The molecule has 25 heavy (non-hydrogen) atoms. The van der Waals surface area contributed by atoms with Gasteiger partial charge in [-0.2, -0.15) is 0 Å². The lowest BCUT2D eigenvalue weighted by Crippen LogP contribution is -2.34. The van der Waals surface area contributed by atoms with Crippen LogP contribution in [0.5, 0.6) is 5.75 Å². The highest BCUT2D eigenvalue weighted by Gasteiger charge is 2.17. The minimum absolute atomic E-state index is 0.165. The van der Waals surface area contributed by atoms with Crippen LogP contribution in [0.4, 0.5) is 0 Å². The molecule has 1 atom stereocenters. The molecule has 0 fully saturated rings. The molecule has 0 aliphatic rings. The molecule has 0 spiro atoms. The van der Waals surface area contributed by atoms with E-state index in [0.717, 1.165) is 5.56 Å². The maximum absolute atomic E-state index is 12.3. The molecule has 0 bridgehead atoms. The van der Waals surface area contributed by atoms with Gasteiger partial charge in [-0.15, -0.1) is 0 Å². The van der Waals surface area contributed by atoms with Crippen molar-refractivity contribution in [2.45, 2.75) is 24.3 Å². The number of benzene rings is 2. The van der Waals surface area contributed by atoms with Crippen molar-refractivity contribution in [3.05, 3.63) is 59.1 Å². The van der Waals surface area contributed by atoms with Gasteiger partial charge in [-0.25, -0.2) is 13.1 Å². The quantitative estimate of drug-likeness (QED) is 0.687. The largest absolute Gasteiger partial charge is 0.484 e. The van der Waals surface area contributed by atoms with E-state index >= 15 is 0 Å². The van der Waals surface area contributed by atoms with E-state index < -0.39 is 15.3 Å². The molecule has 0 radical (unpaired) electrons. The van der Waals surface area contributed by atoms with Gasteiger partial charge < -0.3 is 4.74 Å². The molecule has 0 saturated heterocycles. The third kappa shape index (κ3) is 6.32. The first-order chi connectivity index (χ1) is 11.8. The highest BCUT2D eigenvalue weighted by molar-refractivity contribution is 7.89. The molecule has 0 saturated carbocycles. The molecule has 0 aliphatic heterocycles. The fraction of sp³-hybridized carbons (Fsp3) is 0.235. The van der Waals surface area contributed by atoms with Gasteiger partial charge in [0, 0.05) is 11.1 Å². The molecule has 0 amide bonds. The molecule has 0 heterocycles. The summed E-state index contributed by atoms with van der Waals surface area (Å²) >= 11 is 11.0. The molecule has 2 rings (SSSR count). The van der Waals surface area contributed by atoms with Gasteiger partial charge in [0.1, 0.15) is 5.75 Å². The van der Waals surface area contributed by atoms with Gasteiger partial charge in [-0.3, -0.25) is 4.79 Å². The second kappa shape index (κ2) is 8.67. The number of carbonyl (C=O) groups excluding carboxylic acids is 1. The summed E-state index contributed by atoms with van der Waals surface area (Å²) in [7, 11) is -3.61. The summed E-state index contributed by atoms with van der Waals surface area (Å²) in [4.78, 5) is 10.8. The maximum Gasteiger partial charge on any atom is 0.259 e. The third-order valence-corrected chi connectivity index (χ3v) is 5.26. The summed E-state index contributed by atoms with van der Waals surface area (Å²) in [5.74, 6) is 0.521. The number of hydrogen-bond donors (Lipinski definition) is 1. The van der Waals surface area contributed by atoms with Gasteiger partial charge in [0.15, 0.2) is 6.61 Å². The van der Waals surface area contributed by atoms with Gasteiger partial charge in [-0.1, -0.05) is 23.7 Å². The number of rotatable bonds is 8. The molecule has 8 heteroatoms. The Morgan fingerprint density at radius 2 is 1.72 bits per heavy atom. The van der Waals surface area contributed by atoms with Crippen LogP contribution in [-0.4, -0.2) is 26.3 Å². The van der Waals surface area contributed by atoms with Crippen molar-refractivity contribution in [3.63, 3.8) is 0 Å². The van der Waals surface area contributed by atoms with Crippen LogP contribution in [0.25, 0.3) is 0 Å². The minimum Gasteiger partial charge on any atom is -0.484 e. The van der Waals surface area contributed by atoms with E-state index in [9.17, 15) is 13.2 Å². The summed E-state index contributed by atoms with van der Waals surface area (Å²) in [5.41, 5.74) is 0.927. The summed E-state index contributed by atoms with van der Waals surface area (Å²) in [5, 5.41) is -0.0977. The number of ether oxygens (including phenoxy) is 1. The SMILES string of the molecule is CC(Cc1ccc(OCC(=O)Cl)cc1)NS(=O)(=O)c1ccc(Cl)cc1. The second-order valence-electron chi connectivity index (χ2n) is 5.47. The van der Waals surface area contributed by atoms with Crippen LogP contribution in [0.2, 0.25) is 5.02 Å². The normalized spacial score (nSPS) is 12.6. The maximum atomic E-state index is 12.3. The predicted molar refractivity (Wildman–Crippen MR) is 97.7 cm³/mol. The van der Waals surface area contributed by atoms with E-state index in [-0.39, 0.29) is 17.5 Å². The van der Waals surface area contributed by atoms with Crippen LogP contribution in [-0.2, 0) is 21.2 Å². The van der Waals surface area contributed by atoms with Gasteiger partial charge in [0.05, 0.1) is 4.90 Å². The van der Waals surface area contributed by atoms with Gasteiger partial charge in [0.25, 0.3) is 5.24 Å². The first kappa shape index (κ1) is 19.7. The van der Waals surface area contributed by atoms with Crippen LogP contribution in [0.3, 0.4) is 0 Å². The fourth-order valence-electron chi connectivity index (χ4n) is 2.20. The van der Waals surface area contributed by atoms with Crippen LogP contribution in [0, 0.1) is 0 Å². The number of nitrogens with one attached hydrogen (secondary N) is 1. The summed E-state index contributed by atoms with van der Waals surface area (Å²) < 4.78 is 32.5. The van der Waals surface area contributed by atoms with E-state index in [1.165, 1.54) is 24.3 Å². The zero-order chi connectivity index (χ0) is 18.4. The van der Waals surface area contributed by atoms with E-state index in [1.54, 1.807) is 31.2 Å². The Labute approximate surface area is 157 Å². The molecule has 134 valence electrons. The highest BCUT2D eigenvalue weighted by Crippen LogP contribution is 2.16. The second-order valence-corrected chi connectivity index (χ2v) is 8.04. The Morgan fingerprint density at radius 3 is 2.28 bits per heavy atom. The minimum atomic E-state index is -3.61. The van der Waals surface area contributed by atoms with Crippen molar-refractivity contribution in [1.82, 2.24) is 4.72 Å². The number of halogens is 2. The average Bonchev–Trinajstić information content (AvgIpc) is 2.54. The lowest BCUT2D eigenvalue weighted by molar-refractivity contribution is -0.113. The van der Waals surface area contributed by atoms with Gasteiger partial charge >= 0.3 is 0 Å². The molecule has 0 aliphatic carbocycles. The van der Waals surface area contributed by atoms with Gasteiger partial charge in [-0.05, 0) is 66.9 Å². The zero-order valence-electron chi connectivity index (χ0n) is 13.4. The summed E-state index contributed by atoms with van der Waals surface area (Å²) in [6.07, 6.45) is 0.502. The molecule has 1 unspecified atom stereocenters. The fourth-order valence-corrected chi connectivity index (χ4v) is 3.63. The highest BCUT2D eigenvalue weighted by atomic mass is 35.5. The number of hydrogen-bond acceptors (Lipinski definition) is 4. The Balaban J connectivity index is 1.96. The lowest BCUT2D eigenvalue weighted by Gasteiger charge is -2.15. The topological polar surface area (TPSA) is 72.5 Å². The Kier molecular flexibility index (Phi) is 6.84. The molecule has 1 N–H and O–H groups in total. The summed E-state index contributed by atoms with van der Waals surface area (Å²) in [6, 6.07) is 12.7. The van der Waals surface area contributed by atoms with Crippen molar-refractivity contribution >= 4 is 38.5 Å². The molecule has 5 nitrogen and oxygen atoms in total. The van der Waals surface area contributed by atoms with E-state index in [4.69, 9.17) is 27.9 Å². The van der Waals surface area contributed by atoms with E-state index in [1.807, 2.05) is 0 Å². The monoisotopic (exact) mass is 401 g/mol. The smallest absolute Gasteiger partial charge is 0.259 e. The van der Waals surface area contributed by atoms with Gasteiger partial charge in [0.2, 0.25) is 10.0 Å².